The largest absolute Gasteiger partial charge is 0.490 e. The van der Waals surface area contributed by atoms with Crippen molar-refractivity contribution in [2.75, 3.05) is 6.61 Å². The molecular weight excluding hydrogens is 328 g/mol. The summed E-state index contributed by atoms with van der Waals surface area (Å²) in [5.74, 6) is 0.846. The number of hydrogen-bond acceptors (Lipinski definition) is 4. The van der Waals surface area contributed by atoms with Crippen LogP contribution in [0.3, 0.4) is 0 Å². The van der Waals surface area contributed by atoms with Crippen molar-refractivity contribution in [1.82, 2.24) is 0 Å². The van der Waals surface area contributed by atoms with Crippen LogP contribution in [0.4, 0.5) is 0 Å². The predicted molar refractivity (Wildman–Crippen MR) is 102 cm³/mol. The normalized spacial score (nSPS) is 11.4. The molecule has 2 aromatic carbocycles. The van der Waals surface area contributed by atoms with Gasteiger partial charge in [0.2, 0.25) is 0 Å². The fourth-order valence-electron chi connectivity index (χ4n) is 2.71. The van der Waals surface area contributed by atoms with Crippen molar-refractivity contribution in [3.05, 3.63) is 71.5 Å². The minimum atomic E-state index is -0.377. The van der Waals surface area contributed by atoms with E-state index in [0.29, 0.717) is 34.6 Å². The van der Waals surface area contributed by atoms with Crippen LogP contribution in [0.15, 0.2) is 59.0 Å². The van der Waals surface area contributed by atoms with Crippen LogP contribution in [-0.2, 0) is 4.74 Å². The Morgan fingerprint density at radius 2 is 1.92 bits per heavy atom. The first-order valence-electron chi connectivity index (χ1n) is 8.63. The quantitative estimate of drug-likeness (QED) is 0.559. The number of fused-ring (bicyclic) bond motifs is 1. The van der Waals surface area contributed by atoms with E-state index in [9.17, 15) is 4.79 Å². The second kappa shape index (κ2) is 7.91. The van der Waals surface area contributed by atoms with E-state index in [0.717, 1.165) is 5.56 Å². The lowest BCUT2D eigenvalue weighted by Gasteiger charge is -2.07. The number of carbonyl (C=O) groups is 1. The van der Waals surface area contributed by atoms with Gasteiger partial charge in [-0.1, -0.05) is 36.4 Å². The predicted octanol–water partition coefficient (Wildman–Crippen LogP) is 5.40. The Bertz CT molecular complexity index is 920. The summed E-state index contributed by atoms with van der Waals surface area (Å²) in [7, 11) is 0. The Morgan fingerprint density at radius 1 is 1.15 bits per heavy atom. The summed E-state index contributed by atoms with van der Waals surface area (Å²) in [6, 6.07) is 15.5. The summed E-state index contributed by atoms with van der Waals surface area (Å²) < 4.78 is 16.8. The maximum atomic E-state index is 12.3. The molecule has 0 saturated carbocycles. The van der Waals surface area contributed by atoms with E-state index in [-0.39, 0.29) is 12.1 Å². The third-order valence-electron chi connectivity index (χ3n) is 3.84. The highest BCUT2D eigenvalue weighted by molar-refractivity contribution is 6.04. The van der Waals surface area contributed by atoms with Gasteiger partial charge >= 0.3 is 5.97 Å². The molecule has 3 aromatic rings. The number of carbonyl (C=O) groups excluding carboxylic acids is 1. The summed E-state index contributed by atoms with van der Waals surface area (Å²) in [4.78, 5) is 12.3. The molecule has 4 heteroatoms. The second-order valence-electron chi connectivity index (χ2n) is 6.27. The first kappa shape index (κ1) is 17.8. The van der Waals surface area contributed by atoms with Crippen molar-refractivity contribution in [1.29, 1.82) is 0 Å². The highest BCUT2D eigenvalue weighted by Crippen LogP contribution is 2.30. The molecule has 0 N–H and O–H groups in total. The van der Waals surface area contributed by atoms with Crippen LogP contribution in [0.5, 0.6) is 5.75 Å². The van der Waals surface area contributed by atoms with Crippen LogP contribution in [0, 0.1) is 6.92 Å². The summed E-state index contributed by atoms with van der Waals surface area (Å²) in [6.07, 6.45) is 3.77. The first-order chi connectivity index (χ1) is 12.5. The molecule has 0 amide bonds. The minimum absolute atomic E-state index is 0.186. The standard InChI is InChI=1S/C22H22O4/c1-15(2)25-22(23)21-16(3)26-20-12-11-18(14-19(20)21)24-13-7-10-17-8-5-4-6-9-17/h4-12,14-15H,13H2,1-3H3/b10-7+. The fourth-order valence-corrected chi connectivity index (χ4v) is 2.71. The van der Waals surface area contributed by atoms with Crippen LogP contribution in [0.25, 0.3) is 17.0 Å². The van der Waals surface area contributed by atoms with Gasteiger partial charge in [-0.25, -0.2) is 4.79 Å². The number of rotatable bonds is 6. The maximum Gasteiger partial charge on any atom is 0.342 e. The molecule has 134 valence electrons. The van der Waals surface area contributed by atoms with Gasteiger partial charge in [0, 0.05) is 5.39 Å². The molecule has 0 saturated heterocycles. The van der Waals surface area contributed by atoms with Gasteiger partial charge in [-0.15, -0.1) is 0 Å². The van der Waals surface area contributed by atoms with Gasteiger partial charge in [-0.2, -0.15) is 0 Å². The monoisotopic (exact) mass is 350 g/mol. The fraction of sp³-hybridized carbons (Fsp3) is 0.227. The Kier molecular flexibility index (Phi) is 5.42. The minimum Gasteiger partial charge on any atom is -0.490 e. The highest BCUT2D eigenvalue weighted by atomic mass is 16.5. The van der Waals surface area contributed by atoms with Gasteiger partial charge in [-0.3, -0.25) is 0 Å². The molecule has 0 fully saturated rings. The second-order valence-corrected chi connectivity index (χ2v) is 6.27. The lowest BCUT2D eigenvalue weighted by atomic mass is 10.1. The van der Waals surface area contributed by atoms with Crippen molar-refractivity contribution in [3.63, 3.8) is 0 Å². The number of benzene rings is 2. The van der Waals surface area contributed by atoms with Crippen molar-refractivity contribution in [2.45, 2.75) is 26.9 Å². The molecule has 0 atom stereocenters. The molecule has 0 spiro atoms. The van der Waals surface area contributed by atoms with E-state index in [1.54, 1.807) is 6.92 Å². The van der Waals surface area contributed by atoms with Gasteiger partial charge in [0.05, 0.1) is 6.10 Å². The van der Waals surface area contributed by atoms with E-state index in [1.807, 2.05) is 74.5 Å². The van der Waals surface area contributed by atoms with Gasteiger partial charge in [0.1, 0.15) is 29.3 Å². The maximum absolute atomic E-state index is 12.3. The van der Waals surface area contributed by atoms with E-state index >= 15 is 0 Å². The Balaban J connectivity index is 1.76. The van der Waals surface area contributed by atoms with Crippen LogP contribution in [-0.4, -0.2) is 18.7 Å². The lowest BCUT2D eigenvalue weighted by molar-refractivity contribution is 0.0378. The van der Waals surface area contributed by atoms with Crippen molar-refractivity contribution >= 4 is 23.0 Å². The van der Waals surface area contributed by atoms with Crippen LogP contribution < -0.4 is 4.74 Å². The number of furan rings is 1. The summed E-state index contributed by atoms with van der Waals surface area (Å²) in [6.45, 7) is 5.84. The van der Waals surface area contributed by atoms with Gasteiger partial charge in [-0.05, 0) is 50.6 Å². The number of aryl methyl sites for hydroxylation is 1. The zero-order valence-electron chi connectivity index (χ0n) is 15.2. The lowest BCUT2D eigenvalue weighted by Crippen LogP contribution is -2.12. The van der Waals surface area contributed by atoms with E-state index in [1.165, 1.54) is 0 Å². The van der Waals surface area contributed by atoms with Crippen molar-refractivity contribution in [2.24, 2.45) is 0 Å². The molecule has 1 heterocycles. The molecular formula is C22H22O4. The van der Waals surface area contributed by atoms with Crippen LogP contribution in [0.2, 0.25) is 0 Å². The van der Waals surface area contributed by atoms with Gasteiger partial charge in [0.15, 0.2) is 0 Å². The Hall–Kier alpha value is -3.01. The van der Waals surface area contributed by atoms with E-state index < -0.39 is 0 Å². The average molecular weight is 350 g/mol. The number of ether oxygens (including phenoxy) is 2. The zero-order valence-corrected chi connectivity index (χ0v) is 15.2. The highest BCUT2D eigenvalue weighted by Gasteiger charge is 2.20. The summed E-state index contributed by atoms with van der Waals surface area (Å²) in [5, 5.41) is 0.706. The SMILES string of the molecule is Cc1oc2ccc(OC/C=C/c3ccccc3)cc2c1C(=O)OC(C)C. The summed E-state index contributed by atoms with van der Waals surface area (Å²) in [5.41, 5.74) is 2.22. The molecule has 0 bridgehead atoms. The zero-order chi connectivity index (χ0) is 18.5. The smallest absolute Gasteiger partial charge is 0.342 e. The first-order valence-corrected chi connectivity index (χ1v) is 8.63. The average Bonchev–Trinajstić information content (AvgIpc) is 2.94. The van der Waals surface area contributed by atoms with Crippen molar-refractivity contribution < 1.29 is 18.7 Å². The van der Waals surface area contributed by atoms with E-state index in [4.69, 9.17) is 13.9 Å². The van der Waals surface area contributed by atoms with Crippen LogP contribution >= 0.6 is 0 Å². The third kappa shape index (κ3) is 4.14. The number of esters is 1. The molecule has 26 heavy (non-hydrogen) atoms. The Labute approximate surface area is 153 Å². The number of hydrogen-bond donors (Lipinski definition) is 0. The molecule has 0 radical (unpaired) electrons. The third-order valence-corrected chi connectivity index (χ3v) is 3.84. The van der Waals surface area contributed by atoms with Crippen LogP contribution in [0.1, 0.15) is 35.5 Å². The topological polar surface area (TPSA) is 48.7 Å². The molecule has 3 rings (SSSR count). The molecule has 0 unspecified atom stereocenters. The Morgan fingerprint density at radius 3 is 2.65 bits per heavy atom. The molecule has 4 nitrogen and oxygen atoms in total. The molecule has 0 aliphatic carbocycles. The van der Waals surface area contributed by atoms with Gasteiger partial charge < -0.3 is 13.9 Å². The molecule has 0 aliphatic rings. The van der Waals surface area contributed by atoms with E-state index in [2.05, 4.69) is 0 Å². The van der Waals surface area contributed by atoms with Crippen molar-refractivity contribution in [3.8, 4) is 5.75 Å². The van der Waals surface area contributed by atoms with Gasteiger partial charge in [0.25, 0.3) is 0 Å². The summed E-state index contributed by atoms with van der Waals surface area (Å²) >= 11 is 0. The molecule has 1 aromatic heterocycles. The molecule has 0 aliphatic heterocycles.